The van der Waals surface area contributed by atoms with Crippen LogP contribution in [0.25, 0.3) is 10.1 Å². The summed E-state index contributed by atoms with van der Waals surface area (Å²) in [5, 5.41) is 6.36. The normalized spacial score (nSPS) is 13.3. The number of aromatic nitrogens is 1. The van der Waals surface area contributed by atoms with Gasteiger partial charge in [-0.05, 0) is 36.2 Å². The van der Waals surface area contributed by atoms with E-state index in [1.165, 1.54) is 11.5 Å². The van der Waals surface area contributed by atoms with Crippen LogP contribution in [0.5, 0.6) is 0 Å². The van der Waals surface area contributed by atoms with Crippen LogP contribution in [0.4, 0.5) is 5.69 Å². The molecule has 0 saturated heterocycles. The van der Waals surface area contributed by atoms with Crippen molar-refractivity contribution in [2.75, 3.05) is 11.9 Å². The summed E-state index contributed by atoms with van der Waals surface area (Å²) in [5.41, 5.74) is 2.08. The third kappa shape index (κ3) is 3.01. The van der Waals surface area contributed by atoms with Crippen LogP contribution < -0.4 is 16.2 Å². The van der Waals surface area contributed by atoms with E-state index in [0.29, 0.717) is 36.1 Å². The molecule has 0 saturated carbocycles. The smallest absolute Gasteiger partial charge is 0.268 e. The predicted molar refractivity (Wildman–Crippen MR) is 102 cm³/mol. The van der Waals surface area contributed by atoms with E-state index in [0.717, 1.165) is 10.3 Å². The summed E-state index contributed by atoms with van der Waals surface area (Å²) < 4.78 is 2.53. The first-order valence-corrected chi connectivity index (χ1v) is 9.19. The maximum Gasteiger partial charge on any atom is 0.268 e. The molecule has 2 amide bonds. The van der Waals surface area contributed by atoms with Gasteiger partial charge in [0.1, 0.15) is 0 Å². The Balaban J connectivity index is 1.48. The second kappa shape index (κ2) is 6.76. The van der Waals surface area contributed by atoms with E-state index in [4.69, 9.17) is 0 Å². The Labute approximate surface area is 153 Å². The molecule has 2 N–H and O–H groups in total. The van der Waals surface area contributed by atoms with Gasteiger partial charge >= 0.3 is 0 Å². The molecule has 0 radical (unpaired) electrons. The quantitative estimate of drug-likeness (QED) is 0.743. The molecule has 1 aliphatic rings. The number of fused-ring (bicyclic) bond motifs is 2. The van der Waals surface area contributed by atoms with Crippen LogP contribution in [-0.2, 0) is 17.8 Å². The van der Waals surface area contributed by atoms with Crippen molar-refractivity contribution in [3.05, 3.63) is 63.9 Å². The van der Waals surface area contributed by atoms with Crippen molar-refractivity contribution >= 4 is 39.1 Å². The van der Waals surface area contributed by atoms with Crippen molar-refractivity contribution in [1.29, 1.82) is 0 Å². The highest BCUT2D eigenvalue weighted by molar-refractivity contribution is 7.13. The van der Waals surface area contributed by atoms with Gasteiger partial charge in [-0.15, -0.1) is 0 Å². The Morgan fingerprint density at radius 3 is 2.85 bits per heavy atom. The third-order valence-corrected chi connectivity index (χ3v) is 5.57. The van der Waals surface area contributed by atoms with Crippen LogP contribution in [-0.4, -0.2) is 22.3 Å². The SMILES string of the molecule is O=C(CCn1sc2ccccc2c1=O)Nc1cccc2c1CCNC2=O. The largest absolute Gasteiger partial charge is 0.352 e. The van der Waals surface area contributed by atoms with Gasteiger partial charge in [-0.1, -0.05) is 29.7 Å². The monoisotopic (exact) mass is 367 g/mol. The number of carbonyl (C=O) groups is 2. The first-order chi connectivity index (χ1) is 12.6. The molecule has 6 nitrogen and oxygen atoms in total. The molecule has 0 bridgehead atoms. The summed E-state index contributed by atoms with van der Waals surface area (Å²) in [5.74, 6) is -0.284. The molecule has 0 aliphatic carbocycles. The molecule has 2 aromatic carbocycles. The van der Waals surface area contributed by atoms with E-state index in [1.807, 2.05) is 18.2 Å². The van der Waals surface area contributed by atoms with Crippen molar-refractivity contribution in [3.8, 4) is 0 Å². The van der Waals surface area contributed by atoms with Crippen LogP contribution in [0.1, 0.15) is 22.3 Å². The fourth-order valence-corrected chi connectivity index (χ4v) is 4.16. The van der Waals surface area contributed by atoms with Gasteiger partial charge in [0, 0.05) is 30.8 Å². The number of amides is 2. The molecule has 0 fully saturated rings. The lowest BCUT2D eigenvalue weighted by Gasteiger charge is -2.19. The van der Waals surface area contributed by atoms with Crippen molar-refractivity contribution in [1.82, 2.24) is 9.27 Å². The minimum Gasteiger partial charge on any atom is -0.352 e. The summed E-state index contributed by atoms with van der Waals surface area (Å²) in [4.78, 5) is 36.6. The van der Waals surface area contributed by atoms with Crippen LogP contribution in [0.2, 0.25) is 0 Å². The Morgan fingerprint density at radius 2 is 2.00 bits per heavy atom. The molecule has 1 aromatic heterocycles. The zero-order valence-corrected chi connectivity index (χ0v) is 14.8. The molecule has 0 unspecified atom stereocenters. The summed E-state index contributed by atoms with van der Waals surface area (Å²) >= 11 is 1.37. The van der Waals surface area contributed by atoms with Crippen molar-refractivity contribution in [3.63, 3.8) is 0 Å². The number of rotatable bonds is 4. The molecule has 0 spiro atoms. The van der Waals surface area contributed by atoms with Crippen molar-refractivity contribution in [2.24, 2.45) is 0 Å². The maximum absolute atomic E-state index is 12.4. The standard InChI is InChI=1S/C19H17N3O3S/c23-17(9-11-22-19(25)14-4-1-2-7-16(14)26-22)21-15-6-3-5-13-12(15)8-10-20-18(13)24/h1-7H,8-11H2,(H,20,24)(H,21,23). The molecule has 7 heteroatoms. The highest BCUT2D eigenvalue weighted by atomic mass is 32.1. The van der Waals surface area contributed by atoms with Gasteiger partial charge in [-0.3, -0.25) is 18.3 Å². The molecule has 132 valence electrons. The van der Waals surface area contributed by atoms with E-state index >= 15 is 0 Å². The zero-order chi connectivity index (χ0) is 18.1. The third-order valence-electron chi connectivity index (χ3n) is 4.45. The molecular formula is C19H17N3O3S. The Morgan fingerprint density at radius 1 is 1.15 bits per heavy atom. The molecule has 26 heavy (non-hydrogen) atoms. The first-order valence-electron chi connectivity index (χ1n) is 8.42. The van der Waals surface area contributed by atoms with Gasteiger partial charge in [0.25, 0.3) is 11.5 Å². The number of carbonyl (C=O) groups excluding carboxylic acids is 2. The first kappa shape index (κ1) is 16.5. The Kier molecular flexibility index (Phi) is 4.30. The number of nitrogens with zero attached hydrogens (tertiary/aromatic N) is 1. The van der Waals surface area contributed by atoms with Gasteiger partial charge < -0.3 is 10.6 Å². The van der Waals surface area contributed by atoms with Crippen LogP contribution >= 0.6 is 11.5 Å². The van der Waals surface area contributed by atoms with E-state index in [-0.39, 0.29) is 23.8 Å². The highest BCUT2D eigenvalue weighted by Crippen LogP contribution is 2.23. The fraction of sp³-hybridized carbons (Fsp3) is 0.211. The summed E-state index contributed by atoms with van der Waals surface area (Å²) in [7, 11) is 0. The number of benzene rings is 2. The lowest BCUT2D eigenvalue weighted by Crippen LogP contribution is -2.32. The molecule has 0 atom stereocenters. The molecule has 3 aromatic rings. The van der Waals surface area contributed by atoms with Gasteiger partial charge in [-0.25, -0.2) is 0 Å². The molecule has 1 aliphatic heterocycles. The van der Waals surface area contributed by atoms with Crippen molar-refractivity contribution < 1.29 is 9.59 Å². The molecule has 4 rings (SSSR count). The minimum atomic E-state index is -0.172. The Bertz CT molecular complexity index is 1070. The topological polar surface area (TPSA) is 80.2 Å². The zero-order valence-electron chi connectivity index (χ0n) is 14.0. The van der Waals surface area contributed by atoms with Crippen LogP contribution in [0.3, 0.4) is 0 Å². The summed E-state index contributed by atoms with van der Waals surface area (Å²) in [6, 6.07) is 12.8. The van der Waals surface area contributed by atoms with E-state index < -0.39 is 0 Å². The minimum absolute atomic E-state index is 0.0628. The van der Waals surface area contributed by atoms with E-state index in [1.54, 1.807) is 28.2 Å². The highest BCUT2D eigenvalue weighted by Gasteiger charge is 2.20. The van der Waals surface area contributed by atoms with Gasteiger partial charge in [0.05, 0.1) is 10.1 Å². The molecular weight excluding hydrogens is 350 g/mol. The predicted octanol–water partition coefficient (Wildman–Crippen LogP) is 2.38. The second-order valence-electron chi connectivity index (χ2n) is 6.13. The lowest BCUT2D eigenvalue weighted by atomic mass is 9.98. The van der Waals surface area contributed by atoms with Crippen LogP contribution in [0, 0.1) is 0 Å². The van der Waals surface area contributed by atoms with E-state index in [2.05, 4.69) is 10.6 Å². The molecule has 2 heterocycles. The maximum atomic E-state index is 12.4. The summed E-state index contributed by atoms with van der Waals surface area (Å²) in [6.07, 6.45) is 0.885. The second-order valence-corrected chi connectivity index (χ2v) is 7.19. The Hall–Kier alpha value is -2.93. The number of nitrogens with one attached hydrogen (secondary N) is 2. The van der Waals surface area contributed by atoms with E-state index in [9.17, 15) is 14.4 Å². The lowest BCUT2D eigenvalue weighted by molar-refractivity contribution is -0.116. The fourth-order valence-electron chi connectivity index (χ4n) is 3.16. The number of anilines is 1. The van der Waals surface area contributed by atoms with Gasteiger partial charge in [0.15, 0.2) is 0 Å². The summed E-state index contributed by atoms with van der Waals surface area (Å²) in [6.45, 7) is 0.898. The van der Waals surface area contributed by atoms with Crippen molar-refractivity contribution in [2.45, 2.75) is 19.4 Å². The van der Waals surface area contributed by atoms with Gasteiger partial charge in [-0.2, -0.15) is 0 Å². The number of hydrogen-bond donors (Lipinski definition) is 2. The number of aryl methyl sites for hydroxylation is 1. The van der Waals surface area contributed by atoms with Gasteiger partial charge in [0.2, 0.25) is 5.91 Å². The van der Waals surface area contributed by atoms with Crippen LogP contribution in [0.15, 0.2) is 47.3 Å². The number of hydrogen-bond acceptors (Lipinski definition) is 4. The average Bonchev–Trinajstić information content (AvgIpc) is 2.97. The average molecular weight is 367 g/mol.